The number of piperazine rings is 1. The zero-order chi connectivity index (χ0) is 30.9. The number of amides is 2. The Morgan fingerprint density at radius 1 is 1.02 bits per heavy atom. The quantitative estimate of drug-likeness (QED) is 0.309. The van der Waals surface area contributed by atoms with Gasteiger partial charge in [0.25, 0.3) is 5.91 Å². The minimum atomic E-state index is -0.401. The van der Waals surface area contributed by atoms with Crippen molar-refractivity contribution in [3.05, 3.63) is 78.5 Å². The van der Waals surface area contributed by atoms with Crippen molar-refractivity contribution >= 4 is 23.1 Å². The van der Waals surface area contributed by atoms with E-state index < -0.39 is 6.10 Å². The number of carbonyl (C=O) groups excluding carboxylic acids is 2. The molecule has 1 aliphatic heterocycles. The highest BCUT2D eigenvalue weighted by molar-refractivity contribution is 5.94. The first kappa shape index (κ1) is 29.5. The van der Waals surface area contributed by atoms with E-state index in [0.29, 0.717) is 30.8 Å². The second-order valence-corrected chi connectivity index (χ2v) is 12.6. The van der Waals surface area contributed by atoms with Crippen molar-refractivity contribution in [2.45, 2.75) is 69.9 Å². The van der Waals surface area contributed by atoms with Crippen molar-refractivity contribution in [2.75, 3.05) is 25.0 Å². The second-order valence-electron chi connectivity index (χ2n) is 12.6. The molecule has 0 bridgehead atoms. The molecule has 3 aliphatic rings. The third kappa shape index (κ3) is 6.33. The molecular weight excluding hydrogens is 570 g/mol. The van der Waals surface area contributed by atoms with E-state index in [9.17, 15) is 14.7 Å². The van der Waals surface area contributed by atoms with E-state index in [0.717, 1.165) is 60.9 Å². The SMILES string of the molecule is C[C@H]1CN(C(=O)c2ccccc2)CCN1C1CC(C(=O)Nc2cc3cc(-c4cnc(CO[C@H]5CCC[C@@H]5O)nc4)ccn3n2)C1. The lowest BCUT2D eigenvalue weighted by Crippen LogP contribution is -2.60. The van der Waals surface area contributed by atoms with E-state index >= 15 is 0 Å². The summed E-state index contributed by atoms with van der Waals surface area (Å²) in [7, 11) is 0. The summed E-state index contributed by atoms with van der Waals surface area (Å²) in [5.41, 5.74) is 3.40. The van der Waals surface area contributed by atoms with Crippen LogP contribution in [-0.2, 0) is 16.1 Å². The Balaban J connectivity index is 0.904. The van der Waals surface area contributed by atoms with Crippen LogP contribution in [0.3, 0.4) is 0 Å². The number of fused-ring (bicyclic) bond motifs is 1. The zero-order valence-electron chi connectivity index (χ0n) is 25.5. The standard InChI is InChI=1S/C34H39N7O4/c1-22-20-39(34(44)23-6-3-2-4-7-23)12-13-40(22)27-15-25(16-27)33(43)37-31-17-28-14-24(10-11-41(28)38-31)26-18-35-32(36-19-26)21-45-30-9-5-8-29(30)42/h2-4,6-7,10-11,14,17-19,22,25,27,29-30,42H,5,8-9,12-13,15-16,20-21H2,1H3,(H,37,38,43)/t22-,25?,27?,29-,30-/m0/s1. The predicted octanol–water partition coefficient (Wildman–Crippen LogP) is 3.78. The average Bonchev–Trinajstić information content (AvgIpc) is 3.64. The van der Waals surface area contributed by atoms with Gasteiger partial charge in [-0.2, -0.15) is 5.10 Å². The number of carbonyl (C=O) groups is 2. The van der Waals surface area contributed by atoms with Gasteiger partial charge in [-0.05, 0) is 68.9 Å². The monoisotopic (exact) mass is 609 g/mol. The van der Waals surface area contributed by atoms with Crippen molar-refractivity contribution in [2.24, 2.45) is 5.92 Å². The Kier molecular flexibility index (Phi) is 8.31. The van der Waals surface area contributed by atoms with Gasteiger partial charge >= 0.3 is 0 Å². The van der Waals surface area contributed by atoms with Gasteiger partial charge in [0.2, 0.25) is 5.91 Å². The molecule has 11 nitrogen and oxygen atoms in total. The van der Waals surface area contributed by atoms with Crippen LogP contribution in [0.15, 0.2) is 67.1 Å². The number of benzene rings is 1. The largest absolute Gasteiger partial charge is 0.390 e. The van der Waals surface area contributed by atoms with Gasteiger partial charge in [-0.1, -0.05) is 18.2 Å². The topological polar surface area (TPSA) is 125 Å². The molecule has 1 saturated heterocycles. The van der Waals surface area contributed by atoms with Gasteiger partial charge in [0.1, 0.15) is 6.61 Å². The van der Waals surface area contributed by atoms with Gasteiger partial charge in [0.05, 0.1) is 17.7 Å². The van der Waals surface area contributed by atoms with Crippen LogP contribution in [0.1, 0.15) is 55.2 Å². The Labute approximate surface area is 262 Å². The van der Waals surface area contributed by atoms with Gasteiger partial charge in [0.15, 0.2) is 11.6 Å². The molecule has 4 aromatic rings. The highest BCUT2D eigenvalue weighted by Crippen LogP contribution is 2.35. The highest BCUT2D eigenvalue weighted by Gasteiger charge is 2.41. The molecule has 2 amide bonds. The fraction of sp³-hybridized carbons (Fsp3) is 0.441. The van der Waals surface area contributed by atoms with Crippen LogP contribution in [0.5, 0.6) is 0 Å². The number of aromatic nitrogens is 4. The van der Waals surface area contributed by atoms with Gasteiger partial charge < -0.3 is 20.1 Å². The molecular formula is C34H39N7O4. The molecule has 2 saturated carbocycles. The van der Waals surface area contributed by atoms with E-state index in [-0.39, 0.29) is 36.5 Å². The second kappa shape index (κ2) is 12.7. The Hall–Kier alpha value is -4.19. The molecule has 1 aromatic carbocycles. The summed E-state index contributed by atoms with van der Waals surface area (Å²) in [4.78, 5) is 39.3. The van der Waals surface area contributed by atoms with Crippen molar-refractivity contribution in [1.29, 1.82) is 0 Å². The molecule has 11 heteroatoms. The summed E-state index contributed by atoms with van der Waals surface area (Å²) in [5.74, 6) is 1.14. The number of anilines is 1. The van der Waals surface area contributed by atoms with Gasteiger partial charge in [0, 0.05) is 73.4 Å². The Bertz CT molecular complexity index is 1650. The fourth-order valence-electron chi connectivity index (χ4n) is 6.86. The first-order chi connectivity index (χ1) is 21.9. The van der Waals surface area contributed by atoms with Gasteiger partial charge in [-0.25, -0.2) is 14.5 Å². The average molecular weight is 610 g/mol. The molecule has 234 valence electrons. The zero-order valence-corrected chi connectivity index (χ0v) is 25.5. The summed E-state index contributed by atoms with van der Waals surface area (Å²) in [6, 6.07) is 15.9. The van der Waals surface area contributed by atoms with E-state index in [1.165, 1.54) is 0 Å². The summed E-state index contributed by atoms with van der Waals surface area (Å²) in [5, 5.41) is 17.5. The van der Waals surface area contributed by atoms with Gasteiger partial charge in [-0.3, -0.25) is 14.5 Å². The van der Waals surface area contributed by atoms with Crippen LogP contribution < -0.4 is 5.32 Å². The molecule has 45 heavy (non-hydrogen) atoms. The maximum absolute atomic E-state index is 13.1. The number of pyridine rings is 1. The first-order valence-electron chi connectivity index (χ1n) is 15.9. The van der Waals surface area contributed by atoms with Gasteiger partial charge in [-0.15, -0.1) is 0 Å². The molecule has 0 radical (unpaired) electrons. The van der Waals surface area contributed by atoms with Crippen LogP contribution in [0, 0.1) is 5.92 Å². The minimum absolute atomic E-state index is 0.00301. The molecule has 7 rings (SSSR count). The third-order valence-electron chi connectivity index (χ3n) is 9.54. The molecule has 2 N–H and O–H groups in total. The van der Waals surface area contributed by atoms with Crippen molar-refractivity contribution in [3.8, 4) is 11.1 Å². The van der Waals surface area contributed by atoms with Crippen LogP contribution in [0.4, 0.5) is 5.82 Å². The summed E-state index contributed by atoms with van der Waals surface area (Å²) >= 11 is 0. The van der Waals surface area contributed by atoms with Crippen molar-refractivity contribution in [3.63, 3.8) is 0 Å². The fourth-order valence-corrected chi connectivity index (χ4v) is 6.86. The molecule has 3 fully saturated rings. The van der Waals surface area contributed by atoms with E-state index in [1.54, 1.807) is 16.9 Å². The number of nitrogens with zero attached hydrogens (tertiary/aromatic N) is 6. The lowest BCUT2D eigenvalue weighted by atomic mass is 9.78. The van der Waals surface area contributed by atoms with Crippen LogP contribution in [-0.4, -0.2) is 90.2 Å². The molecule has 3 atom stereocenters. The lowest BCUT2D eigenvalue weighted by molar-refractivity contribution is -0.125. The number of aliphatic hydroxyl groups is 1. The van der Waals surface area contributed by atoms with E-state index in [2.05, 4.69) is 32.2 Å². The number of aliphatic hydroxyl groups excluding tert-OH is 1. The molecule has 4 heterocycles. The highest BCUT2D eigenvalue weighted by atomic mass is 16.5. The maximum Gasteiger partial charge on any atom is 0.253 e. The van der Waals surface area contributed by atoms with Crippen LogP contribution in [0.25, 0.3) is 16.6 Å². The normalized spacial score (nSPS) is 25.3. The van der Waals surface area contributed by atoms with Crippen molar-refractivity contribution in [1.82, 2.24) is 29.4 Å². The lowest BCUT2D eigenvalue weighted by Gasteiger charge is -2.49. The summed E-state index contributed by atoms with van der Waals surface area (Å²) in [6.07, 6.45) is 9.12. The third-order valence-corrected chi connectivity index (χ3v) is 9.54. The molecule has 3 aromatic heterocycles. The predicted molar refractivity (Wildman–Crippen MR) is 168 cm³/mol. The van der Waals surface area contributed by atoms with Crippen molar-refractivity contribution < 1.29 is 19.4 Å². The summed E-state index contributed by atoms with van der Waals surface area (Å²) < 4.78 is 7.55. The Morgan fingerprint density at radius 2 is 1.82 bits per heavy atom. The number of ether oxygens (including phenoxy) is 1. The van der Waals surface area contributed by atoms with Crippen LogP contribution >= 0.6 is 0 Å². The molecule has 2 aliphatic carbocycles. The minimum Gasteiger partial charge on any atom is -0.390 e. The molecule has 0 unspecified atom stereocenters. The summed E-state index contributed by atoms with van der Waals surface area (Å²) in [6.45, 7) is 4.66. The number of hydrogen-bond donors (Lipinski definition) is 2. The van der Waals surface area contributed by atoms with E-state index in [4.69, 9.17) is 4.74 Å². The number of nitrogens with one attached hydrogen (secondary N) is 1. The van der Waals surface area contributed by atoms with Crippen LogP contribution in [0.2, 0.25) is 0 Å². The number of rotatable bonds is 8. The number of hydrogen-bond acceptors (Lipinski definition) is 8. The smallest absolute Gasteiger partial charge is 0.253 e. The first-order valence-corrected chi connectivity index (χ1v) is 15.9. The molecule has 0 spiro atoms. The van der Waals surface area contributed by atoms with E-state index in [1.807, 2.05) is 59.6 Å². The maximum atomic E-state index is 13.1. The Morgan fingerprint density at radius 3 is 2.56 bits per heavy atom.